The van der Waals surface area contributed by atoms with Crippen LogP contribution in [-0.2, 0) is 18.9 Å². The normalized spacial score (nSPS) is 11.6. The van der Waals surface area contributed by atoms with E-state index in [0.717, 1.165) is 24.0 Å². The number of carbonyl (C=O) groups is 1. The molecule has 0 unspecified atom stereocenters. The first-order valence-electron chi connectivity index (χ1n) is 10.5. The number of aromatic nitrogens is 3. The maximum Gasteiger partial charge on any atom is 0.336 e. The average Bonchev–Trinajstić information content (AvgIpc) is 3.15. The standard InChI is InChI=1S/C24H27F2N3O2/c1-4-6-10-20-27-23(24(25,26)5-2)28-29(20)15-17-11-13-18(14-12-17)19-9-7-8-16(3)21(19)22(30)31/h7-9,11-14H,4-6,10,15H2,1-3H3,(H,30,31). The Balaban J connectivity index is 1.90. The lowest BCUT2D eigenvalue weighted by Crippen LogP contribution is -2.14. The van der Waals surface area contributed by atoms with Crippen molar-refractivity contribution in [2.75, 3.05) is 0 Å². The van der Waals surface area contributed by atoms with Gasteiger partial charge in [0.1, 0.15) is 5.82 Å². The number of carboxylic acids is 1. The summed E-state index contributed by atoms with van der Waals surface area (Å²) < 4.78 is 29.8. The van der Waals surface area contributed by atoms with Crippen LogP contribution in [0.2, 0.25) is 0 Å². The van der Waals surface area contributed by atoms with Gasteiger partial charge in [0.15, 0.2) is 0 Å². The third kappa shape index (κ3) is 4.98. The van der Waals surface area contributed by atoms with E-state index in [1.54, 1.807) is 23.7 Å². The van der Waals surface area contributed by atoms with Gasteiger partial charge >= 0.3 is 11.9 Å². The quantitative estimate of drug-likeness (QED) is 0.465. The molecule has 3 rings (SSSR count). The summed E-state index contributed by atoms with van der Waals surface area (Å²) in [6.07, 6.45) is 2.03. The molecule has 0 radical (unpaired) electrons. The SMILES string of the molecule is CCCCc1nc(C(F)(F)CC)nn1Cc1ccc(-c2cccc(C)c2C(=O)O)cc1. The number of unbranched alkanes of at least 4 members (excludes halogenated alkanes) is 1. The van der Waals surface area contributed by atoms with E-state index in [4.69, 9.17) is 0 Å². The van der Waals surface area contributed by atoms with Gasteiger partial charge < -0.3 is 5.11 Å². The van der Waals surface area contributed by atoms with Crippen LogP contribution in [-0.4, -0.2) is 25.8 Å². The predicted molar refractivity (Wildman–Crippen MR) is 115 cm³/mol. The smallest absolute Gasteiger partial charge is 0.336 e. The number of hydrogen-bond donors (Lipinski definition) is 1. The summed E-state index contributed by atoms with van der Waals surface area (Å²) in [7, 11) is 0. The third-order valence-electron chi connectivity index (χ3n) is 5.36. The zero-order valence-corrected chi connectivity index (χ0v) is 18.0. The second kappa shape index (κ2) is 9.37. The largest absolute Gasteiger partial charge is 0.478 e. The Kier molecular flexibility index (Phi) is 6.83. The van der Waals surface area contributed by atoms with Crippen molar-refractivity contribution in [2.45, 2.75) is 58.9 Å². The molecular formula is C24H27F2N3O2. The fourth-order valence-corrected chi connectivity index (χ4v) is 3.49. The molecule has 164 valence electrons. The molecule has 0 aliphatic heterocycles. The van der Waals surface area contributed by atoms with Gasteiger partial charge in [0.25, 0.3) is 0 Å². The molecule has 0 saturated carbocycles. The Hall–Kier alpha value is -3.09. The van der Waals surface area contributed by atoms with Crippen molar-refractivity contribution in [3.05, 3.63) is 70.8 Å². The van der Waals surface area contributed by atoms with Crippen molar-refractivity contribution in [2.24, 2.45) is 0 Å². The van der Waals surface area contributed by atoms with Gasteiger partial charge in [0, 0.05) is 12.8 Å². The summed E-state index contributed by atoms with van der Waals surface area (Å²) >= 11 is 0. The Morgan fingerprint density at radius 2 is 1.84 bits per heavy atom. The Bertz CT molecular complexity index is 1060. The third-order valence-corrected chi connectivity index (χ3v) is 5.36. The molecule has 0 aliphatic carbocycles. The summed E-state index contributed by atoms with van der Waals surface area (Å²) in [4.78, 5) is 15.8. The summed E-state index contributed by atoms with van der Waals surface area (Å²) in [6.45, 7) is 5.55. The molecule has 1 N–H and O–H groups in total. The van der Waals surface area contributed by atoms with E-state index in [9.17, 15) is 18.7 Å². The average molecular weight is 427 g/mol. The van der Waals surface area contributed by atoms with Crippen molar-refractivity contribution in [1.82, 2.24) is 14.8 Å². The fraction of sp³-hybridized carbons (Fsp3) is 0.375. The van der Waals surface area contributed by atoms with Gasteiger partial charge in [-0.2, -0.15) is 8.78 Å². The number of benzene rings is 2. The van der Waals surface area contributed by atoms with Crippen LogP contribution in [0.4, 0.5) is 8.78 Å². The van der Waals surface area contributed by atoms with Crippen molar-refractivity contribution in [1.29, 1.82) is 0 Å². The number of alkyl halides is 2. The Morgan fingerprint density at radius 1 is 1.13 bits per heavy atom. The summed E-state index contributed by atoms with van der Waals surface area (Å²) in [5.41, 5.74) is 3.28. The first kappa shape index (κ1) is 22.6. The van der Waals surface area contributed by atoms with Crippen molar-refractivity contribution >= 4 is 5.97 Å². The fourth-order valence-electron chi connectivity index (χ4n) is 3.49. The van der Waals surface area contributed by atoms with Crippen LogP contribution >= 0.6 is 0 Å². The van der Waals surface area contributed by atoms with E-state index in [2.05, 4.69) is 10.1 Å². The Morgan fingerprint density at radius 3 is 2.45 bits per heavy atom. The van der Waals surface area contributed by atoms with E-state index in [0.29, 0.717) is 29.9 Å². The van der Waals surface area contributed by atoms with E-state index in [1.165, 1.54) is 6.92 Å². The molecule has 0 saturated heterocycles. The van der Waals surface area contributed by atoms with Gasteiger partial charge in [0.2, 0.25) is 5.82 Å². The molecule has 1 heterocycles. The van der Waals surface area contributed by atoms with Crippen molar-refractivity contribution < 1.29 is 18.7 Å². The van der Waals surface area contributed by atoms with Crippen LogP contribution < -0.4 is 0 Å². The molecule has 1 aromatic heterocycles. The molecule has 0 amide bonds. The van der Waals surface area contributed by atoms with Gasteiger partial charge in [-0.25, -0.2) is 14.5 Å². The Labute approximate surface area is 180 Å². The van der Waals surface area contributed by atoms with Crippen molar-refractivity contribution in [3.8, 4) is 11.1 Å². The number of rotatable bonds is 9. The second-order valence-electron chi connectivity index (χ2n) is 7.67. The highest BCUT2D eigenvalue weighted by molar-refractivity contribution is 5.97. The molecule has 3 aromatic rings. The second-order valence-corrected chi connectivity index (χ2v) is 7.67. The molecule has 2 aromatic carbocycles. The number of carboxylic acid groups (broad SMARTS) is 1. The number of aromatic carboxylic acids is 1. The first-order valence-corrected chi connectivity index (χ1v) is 10.5. The molecule has 5 nitrogen and oxygen atoms in total. The van der Waals surface area contributed by atoms with Crippen LogP contribution in [0.3, 0.4) is 0 Å². The van der Waals surface area contributed by atoms with Gasteiger partial charge in [-0.05, 0) is 35.6 Å². The van der Waals surface area contributed by atoms with Crippen LogP contribution in [0.1, 0.15) is 66.2 Å². The van der Waals surface area contributed by atoms with Gasteiger partial charge in [-0.3, -0.25) is 0 Å². The van der Waals surface area contributed by atoms with Gasteiger partial charge in [-0.1, -0.05) is 62.7 Å². The van der Waals surface area contributed by atoms with E-state index < -0.39 is 17.7 Å². The van der Waals surface area contributed by atoms with Crippen LogP contribution in [0.5, 0.6) is 0 Å². The molecule has 0 fully saturated rings. The highest BCUT2D eigenvalue weighted by atomic mass is 19.3. The number of aryl methyl sites for hydroxylation is 2. The van der Waals surface area contributed by atoms with E-state index >= 15 is 0 Å². The summed E-state index contributed by atoms with van der Waals surface area (Å²) in [5, 5.41) is 13.7. The first-order chi connectivity index (χ1) is 14.8. The number of halogens is 2. The lowest BCUT2D eigenvalue weighted by Gasteiger charge is -2.11. The van der Waals surface area contributed by atoms with Gasteiger partial charge in [0.05, 0.1) is 12.1 Å². The lowest BCUT2D eigenvalue weighted by atomic mass is 9.95. The maximum absolute atomic E-state index is 14.1. The highest BCUT2D eigenvalue weighted by Crippen LogP contribution is 2.30. The molecule has 0 aliphatic rings. The van der Waals surface area contributed by atoms with Crippen LogP contribution in [0.15, 0.2) is 42.5 Å². The van der Waals surface area contributed by atoms with Crippen molar-refractivity contribution in [3.63, 3.8) is 0 Å². The summed E-state index contributed by atoms with van der Waals surface area (Å²) in [6, 6.07) is 12.8. The van der Waals surface area contributed by atoms with E-state index in [1.807, 2.05) is 37.3 Å². The lowest BCUT2D eigenvalue weighted by molar-refractivity contribution is -0.0177. The van der Waals surface area contributed by atoms with Crippen LogP contribution in [0, 0.1) is 6.92 Å². The monoisotopic (exact) mass is 427 g/mol. The van der Waals surface area contributed by atoms with E-state index in [-0.39, 0.29) is 12.0 Å². The van der Waals surface area contributed by atoms with Crippen LogP contribution in [0.25, 0.3) is 11.1 Å². The minimum absolute atomic E-state index is 0.278. The predicted octanol–water partition coefficient (Wildman–Crippen LogP) is 5.84. The molecule has 0 spiro atoms. The molecule has 7 heteroatoms. The zero-order chi connectivity index (χ0) is 22.6. The highest BCUT2D eigenvalue weighted by Gasteiger charge is 2.35. The molecular weight excluding hydrogens is 400 g/mol. The molecule has 0 atom stereocenters. The minimum atomic E-state index is -3.05. The zero-order valence-electron chi connectivity index (χ0n) is 18.0. The number of nitrogens with zero attached hydrogens (tertiary/aromatic N) is 3. The van der Waals surface area contributed by atoms with Gasteiger partial charge in [-0.15, -0.1) is 5.10 Å². The number of hydrogen-bond acceptors (Lipinski definition) is 3. The topological polar surface area (TPSA) is 68.0 Å². The summed E-state index contributed by atoms with van der Waals surface area (Å²) in [5.74, 6) is -3.89. The maximum atomic E-state index is 14.1. The minimum Gasteiger partial charge on any atom is -0.478 e. The molecule has 31 heavy (non-hydrogen) atoms. The molecule has 0 bridgehead atoms.